The number of carbonyl (C=O) groups is 3. The molecule has 1 aromatic carbocycles. The molecule has 2 saturated heterocycles. The summed E-state index contributed by atoms with van der Waals surface area (Å²) in [4.78, 5) is 40.4. The van der Waals surface area contributed by atoms with E-state index in [1.807, 2.05) is 6.07 Å². The van der Waals surface area contributed by atoms with Crippen LogP contribution in [-0.2, 0) is 4.79 Å². The Morgan fingerprint density at radius 2 is 1.96 bits per heavy atom. The number of rotatable bonds is 3. The summed E-state index contributed by atoms with van der Waals surface area (Å²) < 4.78 is 0. The van der Waals surface area contributed by atoms with Gasteiger partial charge < -0.3 is 15.3 Å². The molecule has 27 heavy (non-hydrogen) atoms. The van der Waals surface area contributed by atoms with Gasteiger partial charge in [0.05, 0.1) is 0 Å². The Bertz CT molecular complexity index is 765. The fourth-order valence-corrected chi connectivity index (χ4v) is 4.80. The molecule has 3 fully saturated rings. The Morgan fingerprint density at radius 3 is 2.74 bits per heavy atom. The van der Waals surface area contributed by atoms with Crippen molar-refractivity contribution >= 4 is 23.6 Å². The standard InChI is InChI=1S/C20H25N3O4/c24-18(23-16-8-2-1-5-13(16)12-17(23)19(25)26)14-6-3-7-15(11-14)22-10-4-9-21-20(22)27/h3,6-7,11,13,16-17H,1-2,4-5,8-10,12H2,(H,21,27)(H,25,26). The van der Waals surface area contributed by atoms with Gasteiger partial charge in [-0.1, -0.05) is 18.9 Å². The predicted octanol–water partition coefficient (Wildman–Crippen LogP) is 2.46. The molecule has 1 aromatic rings. The molecule has 3 atom stereocenters. The van der Waals surface area contributed by atoms with Crippen LogP contribution in [0.2, 0.25) is 0 Å². The number of fused-ring (bicyclic) bond motifs is 1. The van der Waals surface area contributed by atoms with E-state index in [9.17, 15) is 19.5 Å². The zero-order chi connectivity index (χ0) is 19.0. The third kappa shape index (κ3) is 3.26. The number of carbonyl (C=O) groups excluding carboxylic acids is 2. The molecular formula is C20H25N3O4. The third-order valence-electron chi connectivity index (χ3n) is 6.09. The monoisotopic (exact) mass is 371 g/mol. The number of nitrogens with zero attached hydrogens (tertiary/aromatic N) is 2. The maximum absolute atomic E-state index is 13.3. The molecule has 0 aromatic heterocycles. The van der Waals surface area contributed by atoms with E-state index in [2.05, 4.69) is 5.32 Å². The molecule has 0 bridgehead atoms. The lowest BCUT2D eigenvalue weighted by molar-refractivity contribution is -0.141. The number of urea groups is 1. The second-order valence-electron chi connectivity index (χ2n) is 7.70. The van der Waals surface area contributed by atoms with E-state index in [1.54, 1.807) is 28.0 Å². The quantitative estimate of drug-likeness (QED) is 0.854. The Labute approximate surface area is 158 Å². The maximum atomic E-state index is 13.3. The van der Waals surface area contributed by atoms with E-state index in [4.69, 9.17) is 0 Å². The van der Waals surface area contributed by atoms with Gasteiger partial charge in [-0.05, 0) is 49.8 Å². The van der Waals surface area contributed by atoms with Crippen molar-refractivity contribution in [3.63, 3.8) is 0 Å². The summed E-state index contributed by atoms with van der Waals surface area (Å²) in [7, 11) is 0. The lowest BCUT2D eigenvalue weighted by Gasteiger charge is -2.33. The lowest BCUT2D eigenvalue weighted by atomic mass is 9.84. The van der Waals surface area contributed by atoms with Crippen LogP contribution in [-0.4, -0.2) is 53.1 Å². The van der Waals surface area contributed by atoms with Gasteiger partial charge in [-0.15, -0.1) is 0 Å². The number of anilines is 1. The molecule has 3 unspecified atom stereocenters. The van der Waals surface area contributed by atoms with Crippen LogP contribution in [0, 0.1) is 5.92 Å². The summed E-state index contributed by atoms with van der Waals surface area (Å²) in [6.07, 6.45) is 5.39. The molecule has 7 nitrogen and oxygen atoms in total. The molecule has 144 valence electrons. The number of hydrogen-bond acceptors (Lipinski definition) is 3. The van der Waals surface area contributed by atoms with Crippen molar-refractivity contribution in [2.75, 3.05) is 18.0 Å². The van der Waals surface area contributed by atoms with Gasteiger partial charge in [0.2, 0.25) is 0 Å². The highest BCUT2D eigenvalue weighted by Crippen LogP contribution is 2.40. The van der Waals surface area contributed by atoms with Gasteiger partial charge >= 0.3 is 12.0 Å². The van der Waals surface area contributed by atoms with Crippen LogP contribution in [0.25, 0.3) is 0 Å². The number of nitrogens with one attached hydrogen (secondary N) is 1. The average molecular weight is 371 g/mol. The molecular weight excluding hydrogens is 346 g/mol. The van der Waals surface area contributed by atoms with E-state index in [0.717, 1.165) is 32.1 Å². The van der Waals surface area contributed by atoms with Crippen molar-refractivity contribution in [2.45, 2.75) is 50.6 Å². The second kappa shape index (κ2) is 7.21. The highest BCUT2D eigenvalue weighted by molar-refractivity contribution is 5.99. The molecule has 2 aliphatic heterocycles. The topological polar surface area (TPSA) is 89.9 Å². The van der Waals surface area contributed by atoms with Crippen molar-refractivity contribution in [3.05, 3.63) is 29.8 Å². The Morgan fingerprint density at radius 1 is 1.15 bits per heavy atom. The van der Waals surface area contributed by atoms with Crippen molar-refractivity contribution in [3.8, 4) is 0 Å². The molecule has 0 spiro atoms. The van der Waals surface area contributed by atoms with Crippen LogP contribution in [0.3, 0.4) is 0 Å². The first-order valence-corrected chi connectivity index (χ1v) is 9.77. The first-order chi connectivity index (χ1) is 13.1. The summed E-state index contributed by atoms with van der Waals surface area (Å²) in [5.74, 6) is -0.889. The van der Waals surface area contributed by atoms with Crippen LogP contribution in [0.4, 0.5) is 10.5 Å². The van der Waals surface area contributed by atoms with Crippen molar-refractivity contribution < 1.29 is 19.5 Å². The van der Waals surface area contributed by atoms with E-state index in [-0.39, 0.29) is 23.9 Å². The van der Waals surface area contributed by atoms with Gasteiger partial charge in [0.1, 0.15) is 6.04 Å². The summed E-state index contributed by atoms with van der Waals surface area (Å²) in [5.41, 5.74) is 1.12. The fourth-order valence-electron chi connectivity index (χ4n) is 4.80. The molecule has 0 radical (unpaired) electrons. The molecule has 1 saturated carbocycles. The molecule has 2 N–H and O–H groups in total. The van der Waals surface area contributed by atoms with Crippen LogP contribution in [0.1, 0.15) is 48.9 Å². The van der Waals surface area contributed by atoms with Gasteiger partial charge in [-0.3, -0.25) is 9.69 Å². The van der Waals surface area contributed by atoms with E-state index < -0.39 is 12.0 Å². The molecule has 3 amide bonds. The fraction of sp³-hybridized carbons (Fsp3) is 0.550. The smallest absolute Gasteiger partial charge is 0.326 e. The van der Waals surface area contributed by atoms with E-state index in [0.29, 0.717) is 30.8 Å². The number of likely N-dealkylation sites (tertiary alicyclic amines) is 1. The van der Waals surface area contributed by atoms with Gasteiger partial charge in [0.25, 0.3) is 5.91 Å². The average Bonchev–Trinajstić information content (AvgIpc) is 3.08. The lowest BCUT2D eigenvalue weighted by Crippen LogP contribution is -2.47. The number of carboxylic acids is 1. The van der Waals surface area contributed by atoms with E-state index in [1.165, 1.54) is 0 Å². The molecule has 7 heteroatoms. The molecule has 2 heterocycles. The van der Waals surface area contributed by atoms with Crippen LogP contribution in [0.5, 0.6) is 0 Å². The van der Waals surface area contributed by atoms with Crippen molar-refractivity contribution in [1.29, 1.82) is 0 Å². The van der Waals surface area contributed by atoms with Crippen LogP contribution >= 0.6 is 0 Å². The first-order valence-electron chi connectivity index (χ1n) is 9.77. The van der Waals surface area contributed by atoms with Gasteiger partial charge in [0, 0.05) is 30.4 Å². The van der Waals surface area contributed by atoms with Crippen molar-refractivity contribution in [2.24, 2.45) is 5.92 Å². The largest absolute Gasteiger partial charge is 0.480 e. The number of carboxylic acid groups (broad SMARTS) is 1. The first kappa shape index (κ1) is 17.8. The second-order valence-corrected chi connectivity index (χ2v) is 7.70. The SMILES string of the molecule is O=C(O)C1CC2CCCCC2N1C(=O)c1cccc(N2CCCNC2=O)c1. The summed E-state index contributed by atoms with van der Waals surface area (Å²) in [5, 5.41) is 12.5. The molecule has 4 rings (SSSR count). The number of hydrogen-bond donors (Lipinski definition) is 2. The normalized spacial score (nSPS) is 27.9. The highest BCUT2D eigenvalue weighted by atomic mass is 16.4. The maximum Gasteiger partial charge on any atom is 0.326 e. The highest BCUT2D eigenvalue weighted by Gasteiger charge is 2.47. The van der Waals surface area contributed by atoms with E-state index >= 15 is 0 Å². The predicted molar refractivity (Wildman–Crippen MR) is 99.8 cm³/mol. The van der Waals surface area contributed by atoms with Gasteiger partial charge in [-0.2, -0.15) is 0 Å². The minimum Gasteiger partial charge on any atom is -0.480 e. The number of aliphatic carboxylic acids is 1. The Hall–Kier alpha value is -2.57. The number of amides is 3. The Kier molecular flexibility index (Phi) is 4.76. The van der Waals surface area contributed by atoms with Gasteiger partial charge in [-0.25, -0.2) is 9.59 Å². The zero-order valence-electron chi connectivity index (χ0n) is 15.3. The third-order valence-corrected chi connectivity index (χ3v) is 6.09. The minimum absolute atomic E-state index is 0.00860. The van der Waals surface area contributed by atoms with Gasteiger partial charge in [0.15, 0.2) is 0 Å². The van der Waals surface area contributed by atoms with Crippen LogP contribution in [0.15, 0.2) is 24.3 Å². The Balaban J connectivity index is 1.62. The molecule has 1 aliphatic carbocycles. The van der Waals surface area contributed by atoms with Crippen LogP contribution < -0.4 is 10.2 Å². The summed E-state index contributed by atoms with van der Waals surface area (Å²) in [6, 6.07) is 6.08. The molecule has 3 aliphatic rings. The van der Waals surface area contributed by atoms with Crippen molar-refractivity contribution in [1.82, 2.24) is 10.2 Å². The zero-order valence-corrected chi connectivity index (χ0v) is 15.3. The summed E-state index contributed by atoms with van der Waals surface area (Å²) in [6.45, 7) is 1.26. The summed E-state index contributed by atoms with van der Waals surface area (Å²) >= 11 is 0. The minimum atomic E-state index is -0.927. The number of benzene rings is 1.